The Morgan fingerprint density at radius 2 is 1.76 bits per heavy atom. The van der Waals surface area contributed by atoms with Crippen molar-refractivity contribution in [3.8, 4) is 5.75 Å². The fourth-order valence-corrected chi connectivity index (χ4v) is 5.39. The smallest absolute Gasteiger partial charge is 0.338 e. The van der Waals surface area contributed by atoms with E-state index in [1.54, 1.807) is 18.4 Å². The quantitative estimate of drug-likeness (QED) is 0.436. The number of nitrogens with zero attached hydrogens (tertiary/aromatic N) is 2. The minimum Gasteiger partial charge on any atom is -0.491 e. The maximum Gasteiger partial charge on any atom is 0.338 e. The molecule has 2 aromatic carbocycles. The normalized spacial score (nSPS) is 16.0. The molecule has 0 N–H and O–H groups in total. The number of benzene rings is 2. The van der Waals surface area contributed by atoms with Crippen LogP contribution in [0.1, 0.15) is 71.2 Å². The molecule has 4 rings (SSSR count). The summed E-state index contributed by atoms with van der Waals surface area (Å²) in [5, 5.41) is 0. The molecule has 0 fully saturated rings. The Balaban J connectivity index is 1.85. The number of carbonyl (C=O) groups is 1. The van der Waals surface area contributed by atoms with Crippen molar-refractivity contribution in [2.75, 3.05) is 6.61 Å². The van der Waals surface area contributed by atoms with Gasteiger partial charge in [-0.25, -0.2) is 9.79 Å². The van der Waals surface area contributed by atoms with Crippen LogP contribution in [0.5, 0.6) is 5.75 Å². The van der Waals surface area contributed by atoms with Crippen molar-refractivity contribution in [3.63, 3.8) is 0 Å². The van der Waals surface area contributed by atoms with Gasteiger partial charge < -0.3 is 9.47 Å². The molecule has 6 nitrogen and oxygen atoms in total. The maximum atomic E-state index is 13.8. The zero-order valence-corrected chi connectivity index (χ0v) is 23.3. The van der Waals surface area contributed by atoms with Crippen molar-refractivity contribution in [3.05, 3.63) is 96.2 Å². The zero-order chi connectivity index (χ0) is 26.9. The van der Waals surface area contributed by atoms with E-state index in [9.17, 15) is 9.59 Å². The Bertz CT molecular complexity index is 1500. The van der Waals surface area contributed by atoms with Crippen LogP contribution in [-0.2, 0) is 14.9 Å². The number of hydrogen-bond acceptors (Lipinski definition) is 6. The Morgan fingerprint density at radius 3 is 2.32 bits per heavy atom. The fraction of sp³-hybridized carbons (Fsp3) is 0.367. The molecule has 3 aromatic rings. The molecule has 0 unspecified atom stereocenters. The molecule has 1 aliphatic heterocycles. The standard InChI is InChI=1S/C30H34N2O4S/c1-8-35-28(34)25-19(4)31-29-32(26(25)21-11-15-23(16-12-21)36-18(2)3)27(33)24(37-29)17-20-9-13-22(14-10-20)30(5,6)7/h9-18,26H,8H2,1-7H3/b24-17-/t26-/m0/s1. The highest BCUT2D eigenvalue weighted by Gasteiger charge is 2.33. The van der Waals surface area contributed by atoms with E-state index in [0.717, 1.165) is 16.9 Å². The molecule has 2 heterocycles. The number of esters is 1. The van der Waals surface area contributed by atoms with Crippen molar-refractivity contribution in [1.82, 2.24) is 4.57 Å². The molecule has 37 heavy (non-hydrogen) atoms. The molecular formula is C30H34N2O4S. The van der Waals surface area contributed by atoms with E-state index < -0.39 is 12.0 Å². The number of aromatic nitrogens is 1. The summed E-state index contributed by atoms with van der Waals surface area (Å²) in [6.45, 7) is 14.2. The Morgan fingerprint density at radius 1 is 1.11 bits per heavy atom. The predicted octanol–water partition coefficient (Wildman–Crippen LogP) is 4.88. The highest BCUT2D eigenvalue weighted by molar-refractivity contribution is 7.07. The SMILES string of the molecule is CCOC(=O)C1=C(C)N=c2s/c(=C\c3ccc(C(C)(C)C)cc3)c(=O)n2[C@H]1c1ccc(OC(C)C)cc1. The summed E-state index contributed by atoms with van der Waals surface area (Å²) in [5.41, 5.74) is 3.73. The van der Waals surface area contributed by atoms with Crippen LogP contribution < -0.4 is 19.6 Å². The molecule has 194 valence electrons. The lowest BCUT2D eigenvalue weighted by Crippen LogP contribution is -2.39. The van der Waals surface area contributed by atoms with Crippen LogP contribution in [0.15, 0.2) is 69.6 Å². The second-order valence-corrected chi connectivity index (χ2v) is 11.4. The van der Waals surface area contributed by atoms with Crippen molar-refractivity contribution < 1.29 is 14.3 Å². The summed E-state index contributed by atoms with van der Waals surface area (Å²) in [4.78, 5) is 32.0. The highest BCUT2D eigenvalue weighted by atomic mass is 32.1. The predicted molar refractivity (Wildman–Crippen MR) is 148 cm³/mol. The van der Waals surface area contributed by atoms with Crippen molar-refractivity contribution >= 4 is 23.4 Å². The molecule has 0 bridgehead atoms. The van der Waals surface area contributed by atoms with E-state index >= 15 is 0 Å². The van der Waals surface area contributed by atoms with Crippen molar-refractivity contribution in [2.45, 2.75) is 66.0 Å². The number of allylic oxidation sites excluding steroid dienone is 1. The number of hydrogen-bond donors (Lipinski definition) is 0. The first-order valence-electron chi connectivity index (χ1n) is 12.6. The Hall–Kier alpha value is -3.45. The molecule has 1 atom stereocenters. The summed E-state index contributed by atoms with van der Waals surface area (Å²) in [5.74, 6) is 0.256. The van der Waals surface area contributed by atoms with Crippen LogP contribution in [0.25, 0.3) is 6.08 Å². The van der Waals surface area contributed by atoms with Crippen LogP contribution >= 0.6 is 11.3 Å². The highest BCUT2D eigenvalue weighted by Crippen LogP contribution is 2.32. The topological polar surface area (TPSA) is 69.9 Å². The maximum absolute atomic E-state index is 13.8. The van der Waals surface area contributed by atoms with Crippen molar-refractivity contribution in [2.24, 2.45) is 4.99 Å². The number of fused-ring (bicyclic) bond motifs is 1. The van der Waals surface area contributed by atoms with E-state index in [-0.39, 0.29) is 23.7 Å². The number of thiazole rings is 1. The third kappa shape index (κ3) is 5.62. The molecule has 7 heteroatoms. The van der Waals surface area contributed by atoms with Gasteiger partial charge in [-0.05, 0) is 68.0 Å². The average Bonchev–Trinajstić information content (AvgIpc) is 3.12. The van der Waals surface area contributed by atoms with Crippen LogP contribution in [0, 0.1) is 0 Å². The van der Waals surface area contributed by atoms with Crippen LogP contribution in [0.4, 0.5) is 0 Å². The van der Waals surface area contributed by atoms with E-state index in [4.69, 9.17) is 9.47 Å². The first-order chi connectivity index (χ1) is 17.5. The summed E-state index contributed by atoms with van der Waals surface area (Å²) in [6.07, 6.45) is 1.93. The number of rotatable bonds is 6. The molecule has 0 saturated heterocycles. The minimum atomic E-state index is -0.645. The largest absolute Gasteiger partial charge is 0.491 e. The van der Waals surface area contributed by atoms with Crippen molar-refractivity contribution in [1.29, 1.82) is 0 Å². The van der Waals surface area contributed by atoms with Gasteiger partial charge in [0, 0.05) is 0 Å². The van der Waals surface area contributed by atoms with Gasteiger partial charge in [-0.1, -0.05) is 68.5 Å². The lowest BCUT2D eigenvalue weighted by Gasteiger charge is -2.25. The lowest BCUT2D eigenvalue weighted by atomic mass is 9.87. The van der Waals surface area contributed by atoms with Gasteiger partial charge in [0.1, 0.15) is 5.75 Å². The number of ether oxygens (including phenoxy) is 2. The van der Waals surface area contributed by atoms with Crippen LogP contribution in [-0.4, -0.2) is 23.2 Å². The van der Waals surface area contributed by atoms with Gasteiger partial charge >= 0.3 is 5.97 Å². The fourth-order valence-electron chi connectivity index (χ4n) is 4.34. The monoisotopic (exact) mass is 518 g/mol. The summed E-state index contributed by atoms with van der Waals surface area (Å²) < 4.78 is 13.3. The van der Waals surface area contributed by atoms with Gasteiger partial charge in [0.25, 0.3) is 5.56 Å². The van der Waals surface area contributed by atoms with Gasteiger partial charge in [0.05, 0.1) is 34.6 Å². The van der Waals surface area contributed by atoms with E-state index in [0.29, 0.717) is 20.6 Å². The minimum absolute atomic E-state index is 0.0400. The third-order valence-corrected chi connectivity index (χ3v) is 7.14. The zero-order valence-electron chi connectivity index (χ0n) is 22.5. The van der Waals surface area contributed by atoms with Crippen LogP contribution in [0.2, 0.25) is 0 Å². The van der Waals surface area contributed by atoms with Gasteiger partial charge in [-0.2, -0.15) is 0 Å². The molecular weight excluding hydrogens is 484 g/mol. The molecule has 0 amide bonds. The van der Waals surface area contributed by atoms with E-state index in [2.05, 4.69) is 37.9 Å². The summed E-state index contributed by atoms with van der Waals surface area (Å²) in [7, 11) is 0. The van der Waals surface area contributed by atoms with E-state index in [1.165, 1.54) is 16.9 Å². The lowest BCUT2D eigenvalue weighted by molar-refractivity contribution is -0.139. The first kappa shape index (κ1) is 26.6. The molecule has 0 radical (unpaired) electrons. The first-order valence-corrected chi connectivity index (χ1v) is 13.4. The van der Waals surface area contributed by atoms with E-state index in [1.807, 2.05) is 56.3 Å². The molecule has 0 saturated carbocycles. The number of carbonyl (C=O) groups excluding carboxylic acids is 1. The molecule has 1 aromatic heterocycles. The Labute approximate surface area is 221 Å². The van der Waals surface area contributed by atoms with Gasteiger partial charge in [-0.3, -0.25) is 9.36 Å². The third-order valence-electron chi connectivity index (χ3n) is 6.16. The van der Waals surface area contributed by atoms with Gasteiger partial charge in [0.15, 0.2) is 4.80 Å². The summed E-state index contributed by atoms with van der Waals surface area (Å²) in [6, 6.07) is 15.1. The van der Waals surface area contributed by atoms with Gasteiger partial charge in [-0.15, -0.1) is 0 Å². The van der Waals surface area contributed by atoms with Crippen LogP contribution in [0.3, 0.4) is 0 Å². The molecule has 0 aliphatic carbocycles. The van der Waals surface area contributed by atoms with Gasteiger partial charge in [0.2, 0.25) is 0 Å². The average molecular weight is 519 g/mol. The second-order valence-electron chi connectivity index (χ2n) is 10.4. The second kappa shape index (κ2) is 10.5. The Kier molecular flexibility index (Phi) is 7.55. The molecule has 1 aliphatic rings. The summed E-state index contributed by atoms with van der Waals surface area (Å²) >= 11 is 1.32. The molecule has 0 spiro atoms.